The fraction of sp³-hybridized carbons (Fsp3) is 0.500. The Labute approximate surface area is 106 Å². The van der Waals surface area contributed by atoms with Gasteiger partial charge in [-0.1, -0.05) is 17.7 Å². The zero-order valence-corrected chi connectivity index (χ0v) is 11.0. The summed E-state index contributed by atoms with van der Waals surface area (Å²) in [6.07, 6.45) is 0.561. The van der Waals surface area contributed by atoms with E-state index in [1.54, 1.807) is 19.2 Å². The van der Waals surface area contributed by atoms with Gasteiger partial charge in [0.25, 0.3) is 0 Å². The Hall–Kier alpha value is -0.680. The second-order valence-electron chi connectivity index (χ2n) is 4.48. The highest BCUT2D eigenvalue weighted by Gasteiger charge is 2.28. The number of benzene rings is 1. The zero-order valence-electron chi connectivity index (χ0n) is 10.3. The largest absolute Gasteiger partial charge is 0.377 e. The number of hydrazine groups is 1. The Kier molecular flexibility index (Phi) is 4.89. The molecule has 1 unspecified atom stereocenters. The molecule has 0 spiro atoms. The first-order chi connectivity index (χ1) is 7.90. The van der Waals surface area contributed by atoms with Crippen molar-refractivity contribution >= 4 is 11.6 Å². The van der Waals surface area contributed by atoms with Gasteiger partial charge >= 0.3 is 0 Å². The van der Waals surface area contributed by atoms with Gasteiger partial charge in [0, 0.05) is 7.11 Å². The van der Waals surface area contributed by atoms with Crippen molar-refractivity contribution in [2.75, 3.05) is 7.11 Å². The number of ether oxygens (including phenoxy) is 1. The van der Waals surface area contributed by atoms with E-state index in [4.69, 9.17) is 22.2 Å². The van der Waals surface area contributed by atoms with Crippen LogP contribution in [0.2, 0.25) is 5.02 Å². The first-order valence-corrected chi connectivity index (χ1v) is 5.73. The predicted octanol–water partition coefficient (Wildman–Crippen LogP) is 2.28. The van der Waals surface area contributed by atoms with Gasteiger partial charge in [0.2, 0.25) is 0 Å². The van der Waals surface area contributed by atoms with E-state index < -0.39 is 11.4 Å². The summed E-state index contributed by atoms with van der Waals surface area (Å²) >= 11 is 5.63. The van der Waals surface area contributed by atoms with Crippen LogP contribution in [0.15, 0.2) is 18.2 Å². The molecule has 1 atom stereocenters. The summed E-state index contributed by atoms with van der Waals surface area (Å²) in [7, 11) is 1.62. The van der Waals surface area contributed by atoms with Crippen molar-refractivity contribution in [2.45, 2.75) is 31.9 Å². The maximum Gasteiger partial charge on any atom is 0.142 e. The monoisotopic (exact) mass is 260 g/mol. The standard InChI is InChI=1S/C12H18ClFN2O/c1-12(2,17-3)11(16-15)7-8-4-5-9(13)10(14)6-8/h4-6,11,16H,7,15H2,1-3H3. The summed E-state index contributed by atoms with van der Waals surface area (Å²) in [5.41, 5.74) is 3.08. The van der Waals surface area contributed by atoms with E-state index in [0.29, 0.717) is 6.42 Å². The van der Waals surface area contributed by atoms with Crippen LogP contribution in [0.25, 0.3) is 0 Å². The van der Waals surface area contributed by atoms with E-state index in [1.165, 1.54) is 6.07 Å². The number of hydrogen-bond acceptors (Lipinski definition) is 3. The Morgan fingerprint density at radius 3 is 2.65 bits per heavy atom. The first-order valence-electron chi connectivity index (χ1n) is 5.36. The normalized spacial score (nSPS) is 13.8. The molecule has 0 amide bonds. The van der Waals surface area contributed by atoms with E-state index >= 15 is 0 Å². The van der Waals surface area contributed by atoms with Crippen LogP contribution in [-0.2, 0) is 11.2 Å². The van der Waals surface area contributed by atoms with Crippen LogP contribution in [0, 0.1) is 5.82 Å². The molecule has 0 aromatic heterocycles. The average Bonchev–Trinajstić information content (AvgIpc) is 2.30. The van der Waals surface area contributed by atoms with Gasteiger partial charge in [0.1, 0.15) is 5.82 Å². The fourth-order valence-electron chi connectivity index (χ4n) is 1.55. The maximum atomic E-state index is 13.3. The Bertz CT molecular complexity index is 385. The van der Waals surface area contributed by atoms with Crippen molar-refractivity contribution < 1.29 is 9.13 Å². The number of halogens is 2. The molecular weight excluding hydrogens is 243 g/mol. The lowest BCUT2D eigenvalue weighted by molar-refractivity contribution is -0.0101. The number of hydrogen-bond donors (Lipinski definition) is 2. The molecule has 0 aliphatic heterocycles. The van der Waals surface area contributed by atoms with Crippen LogP contribution in [0.4, 0.5) is 4.39 Å². The van der Waals surface area contributed by atoms with E-state index in [9.17, 15) is 4.39 Å². The molecule has 5 heteroatoms. The summed E-state index contributed by atoms with van der Waals surface area (Å²) < 4.78 is 18.7. The summed E-state index contributed by atoms with van der Waals surface area (Å²) in [6, 6.07) is 4.62. The van der Waals surface area contributed by atoms with Crippen molar-refractivity contribution in [3.8, 4) is 0 Å². The third-order valence-corrected chi connectivity index (χ3v) is 3.30. The van der Waals surface area contributed by atoms with Crippen molar-refractivity contribution in [2.24, 2.45) is 5.84 Å². The van der Waals surface area contributed by atoms with E-state index in [-0.39, 0.29) is 11.1 Å². The van der Waals surface area contributed by atoms with Crippen molar-refractivity contribution in [1.82, 2.24) is 5.43 Å². The average molecular weight is 261 g/mol. The Morgan fingerprint density at radius 1 is 1.53 bits per heavy atom. The highest BCUT2D eigenvalue weighted by molar-refractivity contribution is 6.30. The second kappa shape index (κ2) is 5.78. The molecular formula is C12H18ClFN2O. The molecule has 0 fully saturated rings. The molecule has 0 radical (unpaired) electrons. The van der Waals surface area contributed by atoms with Gasteiger partial charge in [-0.15, -0.1) is 0 Å². The topological polar surface area (TPSA) is 47.3 Å². The summed E-state index contributed by atoms with van der Waals surface area (Å²) in [5.74, 6) is 5.08. The zero-order chi connectivity index (χ0) is 13.1. The molecule has 0 bridgehead atoms. The van der Waals surface area contributed by atoms with Crippen molar-refractivity contribution in [3.05, 3.63) is 34.6 Å². The highest BCUT2D eigenvalue weighted by atomic mass is 35.5. The number of methoxy groups -OCH3 is 1. The number of rotatable bonds is 5. The van der Waals surface area contributed by atoms with Gasteiger partial charge in [-0.25, -0.2) is 4.39 Å². The SMILES string of the molecule is COC(C)(C)C(Cc1ccc(Cl)c(F)c1)NN. The minimum absolute atomic E-state index is 0.118. The molecule has 3 nitrogen and oxygen atoms in total. The Balaban J connectivity index is 2.84. The van der Waals surface area contributed by atoms with Crippen LogP contribution in [0.5, 0.6) is 0 Å². The van der Waals surface area contributed by atoms with Gasteiger partial charge in [0.05, 0.1) is 16.7 Å². The lowest BCUT2D eigenvalue weighted by Crippen LogP contribution is -2.52. The molecule has 0 saturated heterocycles. The number of nitrogens with one attached hydrogen (secondary N) is 1. The second-order valence-corrected chi connectivity index (χ2v) is 4.89. The van der Waals surface area contributed by atoms with E-state index in [1.807, 2.05) is 13.8 Å². The Morgan fingerprint density at radius 2 is 2.18 bits per heavy atom. The van der Waals surface area contributed by atoms with Crippen molar-refractivity contribution in [3.63, 3.8) is 0 Å². The lowest BCUT2D eigenvalue weighted by atomic mass is 9.92. The van der Waals surface area contributed by atoms with Gasteiger partial charge in [-0.3, -0.25) is 11.3 Å². The molecule has 0 heterocycles. The number of nitrogens with two attached hydrogens (primary N) is 1. The highest BCUT2D eigenvalue weighted by Crippen LogP contribution is 2.20. The lowest BCUT2D eigenvalue weighted by Gasteiger charge is -2.32. The fourth-order valence-corrected chi connectivity index (χ4v) is 1.67. The molecule has 1 rings (SSSR count). The van der Waals surface area contributed by atoms with Crippen LogP contribution >= 0.6 is 11.6 Å². The minimum Gasteiger partial charge on any atom is -0.377 e. The molecule has 96 valence electrons. The van der Waals surface area contributed by atoms with Gasteiger partial charge < -0.3 is 4.74 Å². The van der Waals surface area contributed by atoms with Crippen LogP contribution in [0.3, 0.4) is 0 Å². The molecule has 1 aromatic carbocycles. The molecule has 1 aromatic rings. The van der Waals surface area contributed by atoms with Crippen molar-refractivity contribution in [1.29, 1.82) is 0 Å². The third kappa shape index (κ3) is 3.64. The minimum atomic E-state index is -0.440. The summed E-state index contributed by atoms with van der Waals surface area (Å²) in [5, 5.41) is 0.122. The molecule has 17 heavy (non-hydrogen) atoms. The third-order valence-electron chi connectivity index (χ3n) is 2.99. The van der Waals surface area contributed by atoms with E-state index in [2.05, 4.69) is 5.43 Å². The van der Waals surface area contributed by atoms with Gasteiger partial charge in [0.15, 0.2) is 0 Å². The van der Waals surface area contributed by atoms with Crippen LogP contribution < -0.4 is 11.3 Å². The molecule has 3 N–H and O–H groups in total. The quantitative estimate of drug-likeness (QED) is 0.631. The summed E-state index contributed by atoms with van der Waals surface area (Å²) in [4.78, 5) is 0. The summed E-state index contributed by atoms with van der Waals surface area (Å²) in [6.45, 7) is 3.84. The maximum absolute atomic E-state index is 13.3. The first kappa shape index (κ1) is 14.4. The molecule has 0 aliphatic rings. The molecule has 0 saturated carbocycles. The van der Waals surface area contributed by atoms with Gasteiger partial charge in [-0.05, 0) is 38.0 Å². The van der Waals surface area contributed by atoms with Gasteiger partial charge in [-0.2, -0.15) is 0 Å². The molecule has 0 aliphatic carbocycles. The van der Waals surface area contributed by atoms with E-state index in [0.717, 1.165) is 5.56 Å². The van der Waals surface area contributed by atoms with Crippen LogP contribution in [0.1, 0.15) is 19.4 Å². The van der Waals surface area contributed by atoms with Crippen LogP contribution in [-0.4, -0.2) is 18.8 Å². The smallest absolute Gasteiger partial charge is 0.142 e. The predicted molar refractivity (Wildman–Crippen MR) is 67.3 cm³/mol.